The predicted octanol–water partition coefficient (Wildman–Crippen LogP) is 1.90. The number of nitrogens with zero attached hydrogens (tertiary/aromatic N) is 3. The van der Waals surface area contributed by atoms with Crippen LogP contribution < -0.4 is 10.5 Å². The quantitative estimate of drug-likeness (QED) is 0.557. The lowest BCUT2D eigenvalue weighted by Crippen LogP contribution is -2.41. The molecule has 2 aromatic rings. The van der Waals surface area contributed by atoms with Crippen molar-refractivity contribution in [2.75, 3.05) is 45.5 Å². The van der Waals surface area contributed by atoms with Crippen molar-refractivity contribution in [2.24, 2.45) is 0 Å². The van der Waals surface area contributed by atoms with Crippen molar-refractivity contribution in [3.05, 3.63) is 46.8 Å². The second-order valence-electron chi connectivity index (χ2n) is 6.60. The van der Waals surface area contributed by atoms with Gasteiger partial charge in [-0.3, -0.25) is 19.6 Å². The summed E-state index contributed by atoms with van der Waals surface area (Å²) < 4.78 is 10.8. The van der Waals surface area contributed by atoms with Crippen molar-refractivity contribution in [2.45, 2.75) is 6.10 Å². The van der Waals surface area contributed by atoms with Crippen LogP contribution in [0, 0.1) is 0 Å². The van der Waals surface area contributed by atoms with Crippen LogP contribution in [0.25, 0.3) is 10.9 Å². The molecule has 2 aliphatic heterocycles. The number of carbonyl (C=O) groups is 1. The van der Waals surface area contributed by atoms with E-state index in [2.05, 4.69) is 15.5 Å². The molecule has 1 atom stereocenters. The molecule has 1 aromatic heterocycles. The maximum absolute atomic E-state index is 12.6. The fraction of sp³-hybridized carbons (Fsp3) is 0.368. The van der Waals surface area contributed by atoms with Crippen molar-refractivity contribution >= 4 is 34.1 Å². The summed E-state index contributed by atoms with van der Waals surface area (Å²) >= 11 is 6.14. The summed E-state index contributed by atoms with van der Waals surface area (Å²) in [6.07, 6.45) is 1.89. The number of pyridine rings is 1. The van der Waals surface area contributed by atoms with Crippen molar-refractivity contribution < 1.29 is 19.1 Å². The van der Waals surface area contributed by atoms with Gasteiger partial charge in [-0.1, -0.05) is 11.6 Å². The summed E-state index contributed by atoms with van der Waals surface area (Å²) in [7, 11) is 3.02. The Balaban J connectivity index is 1.82. The summed E-state index contributed by atoms with van der Waals surface area (Å²) in [5.74, 6) is -0.292. The molecule has 1 saturated heterocycles. The Morgan fingerprint density at radius 1 is 1.39 bits per heavy atom. The molecule has 0 aliphatic carbocycles. The Labute approximate surface area is 167 Å². The lowest BCUT2D eigenvalue weighted by Gasteiger charge is -2.32. The van der Waals surface area contributed by atoms with Gasteiger partial charge in [-0.15, -0.1) is 0 Å². The molecular weight excluding hydrogens is 384 g/mol. The molecule has 4 rings (SSSR count). The molecule has 28 heavy (non-hydrogen) atoms. The molecular formula is C19H21ClN4O4. The fourth-order valence-corrected chi connectivity index (χ4v) is 3.59. The van der Waals surface area contributed by atoms with Gasteiger partial charge in [0.1, 0.15) is 0 Å². The van der Waals surface area contributed by atoms with Crippen LogP contribution in [-0.4, -0.2) is 62.5 Å². The maximum atomic E-state index is 12.6. The van der Waals surface area contributed by atoms with Crippen molar-refractivity contribution in [1.82, 2.24) is 15.5 Å². The number of halogens is 1. The lowest BCUT2D eigenvalue weighted by molar-refractivity contribution is -0.127. The number of fused-ring (bicyclic) bond motifs is 1. The third-order valence-electron chi connectivity index (χ3n) is 4.70. The minimum absolute atomic E-state index is 0.152. The number of ether oxygens (including phenoxy) is 2. The van der Waals surface area contributed by atoms with E-state index in [1.165, 1.54) is 7.11 Å². The number of hydrazine groups is 1. The summed E-state index contributed by atoms with van der Waals surface area (Å²) in [6, 6.07) is 7.51. The van der Waals surface area contributed by atoms with Gasteiger partial charge in [-0.05, 0) is 24.3 Å². The predicted molar refractivity (Wildman–Crippen MR) is 105 cm³/mol. The Bertz CT molecular complexity index is 931. The Kier molecular flexibility index (Phi) is 5.47. The Morgan fingerprint density at radius 3 is 2.93 bits per heavy atom. The fourth-order valence-electron chi connectivity index (χ4n) is 3.43. The van der Waals surface area contributed by atoms with Crippen LogP contribution in [-0.2, 0) is 19.1 Å². The van der Waals surface area contributed by atoms with Gasteiger partial charge in [0.25, 0.3) is 5.91 Å². The number of hydrogen-bond donors (Lipinski definition) is 1. The van der Waals surface area contributed by atoms with E-state index in [4.69, 9.17) is 25.9 Å². The van der Waals surface area contributed by atoms with E-state index in [1.54, 1.807) is 13.3 Å². The molecule has 1 aromatic carbocycles. The number of anilines is 1. The molecule has 1 fully saturated rings. The van der Waals surface area contributed by atoms with Gasteiger partial charge in [-0.25, -0.2) is 10.5 Å². The molecule has 0 bridgehead atoms. The number of amides is 1. The molecule has 1 unspecified atom stereocenters. The van der Waals surface area contributed by atoms with E-state index in [9.17, 15) is 4.79 Å². The molecule has 9 heteroatoms. The second-order valence-corrected chi connectivity index (χ2v) is 7.04. The number of carbonyl (C=O) groups excluding carboxylic acids is 1. The van der Waals surface area contributed by atoms with E-state index >= 15 is 0 Å². The molecule has 8 nitrogen and oxygen atoms in total. The molecule has 1 N–H and O–H groups in total. The third kappa shape index (κ3) is 3.69. The van der Waals surface area contributed by atoms with E-state index in [-0.39, 0.29) is 18.6 Å². The molecule has 0 radical (unpaired) electrons. The maximum Gasteiger partial charge on any atom is 0.274 e. The number of nitrogens with one attached hydrogen (secondary N) is 1. The van der Waals surface area contributed by atoms with E-state index in [1.807, 2.05) is 29.3 Å². The normalized spacial score (nSPS) is 19.5. The van der Waals surface area contributed by atoms with Gasteiger partial charge >= 0.3 is 0 Å². The number of aromatic nitrogens is 1. The first-order valence-corrected chi connectivity index (χ1v) is 9.25. The van der Waals surface area contributed by atoms with Crippen LogP contribution in [0.3, 0.4) is 0 Å². The highest BCUT2D eigenvalue weighted by Gasteiger charge is 2.38. The number of benzene rings is 1. The molecule has 1 amide bonds. The van der Waals surface area contributed by atoms with E-state index in [0.29, 0.717) is 23.7 Å². The number of hydroxylamine groups is 1. The average Bonchev–Trinajstić information content (AvgIpc) is 3.42. The van der Waals surface area contributed by atoms with Gasteiger partial charge in [0, 0.05) is 30.3 Å². The van der Waals surface area contributed by atoms with E-state index in [0.717, 1.165) is 28.9 Å². The summed E-state index contributed by atoms with van der Waals surface area (Å²) in [5.41, 5.74) is 5.43. The highest BCUT2D eigenvalue weighted by atomic mass is 35.5. The van der Waals surface area contributed by atoms with Crippen LogP contribution in [0.4, 0.5) is 5.69 Å². The van der Waals surface area contributed by atoms with Gasteiger partial charge in [0.05, 0.1) is 55.4 Å². The minimum Gasteiger partial charge on any atom is -0.378 e. The highest BCUT2D eigenvalue weighted by Crippen LogP contribution is 2.36. The number of rotatable bonds is 7. The molecule has 0 spiro atoms. The first-order valence-electron chi connectivity index (χ1n) is 8.87. The highest BCUT2D eigenvalue weighted by molar-refractivity contribution is 6.31. The third-order valence-corrected chi connectivity index (χ3v) is 4.94. The average molecular weight is 405 g/mol. The second kappa shape index (κ2) is 8.02. The van der Waals surface area contributed by atoms with Gasteiger partial charge < -0.3 is 9.47 Å². The van der Waals surface area contributed by atoms with Gasteiger partial charge in [-0.2, -0.15) is 0 Å². The SMILES string of the molecule is COCC1=C(C(=O)NOC)CN(CC2CO2)N1c1ccnc2cc(Cl)ccc12. The Hall–Kier alpha value is -2.23. The Morgan fingerprint density at radius 2 is 2.21 bits per heavy atom. The summed E-state index contributed by atoms with van der Waals surface area (Å²) in [5, 5.41) is 5.65. The van der Waals surface area contributed by atoms with Crippen LogP contribution >= 0.6 is 11.6 Å². The van der Waals surface area contributed by atoms with Crippen molar-refractivity contribution in [1.29, 1.82) is 0 Å². The summed E-state index contributed by atoms with van der Waals surface area (Å²) in [6.45, 7) is 2.07. The molecule has 3 heterocycles. The van der Waals surface area contributed by atoms with Crippen LogP contribution in [0.1, 0.15) is 0 Å². The topological polar surface area (TPSA) is 79.5 Å². The zero-order valence-corrected chi connectivity index (χ0v) is 16.4. The van der Waals surface area contributed by atoms with Crippen molar-refractivity contribution in [3.8, 4) is 0 Å². The van der Waals surface area contributed by atoms with Crippen LogP contribution in [0.2, 0.25) is 5.02 Å². The van der Waals surface area contributed by atoms with Crippen molar-refractivity contribution in [3.63, 3.8) is 0 Å². The zero-order valence-electron chi connectivity index (χ0n) is 15.6. The molecule has 148 valence electrons. The number of epoxide rings is 1. The first kappa shape index (κ1) is 19.1. The summed E-state index contributed by atoms with van der Waals surface area (Å²) in [4.78, 5) is 21.9. The van der Waals surface area contributed by atoms with Gasteiger partial charge in [0.2, 0.25) is 0 Å². The first-order chi connectivity index (χ1) is 13.6. The lowest BCUT2D eigenvalue weighted by atomic mass is 10.1. The smallest absolute Gasteiger partial charge is 0.274 e. The van der Waals surface area contributed by atoms with E-state index < -0.39 is 0 Å². The minimum atomic E-state index is -0.292. The monoisotopic (exact) mass is 404 g/mol. The molecule has 0 saturated carbocycles. The van der Waals surface area contributed by atoms with Crippen LogP contribution in [0.5, 0.6) is 0 Å². The largest absolute Gasteiger partial charge is 0.378 e. The number of methoxy groups -OCH3 is 1. The van der Waals surface area contributed by atoms with Crippen LogP contribution in [0.15, 0.2) is 41.7 Å². The van der Waals surface area contributed by atoms with Gasteiger partial charge in [0.15, 0.2) is 0 Å². The molecule has 2 aliphatic rings. The number of hydrogen-bond acceptors (Lipinski definition) is 7. The zero-order chi connectivity index (χ0) is 19.7. The standard InChI is InChI=1S/C19H21ClN4O4/c1-26-11-18-15(19(25)22-27-2)9-23(8-13-10-28-13)24(18)17-5-6-21-16-7-12(20)3-4-14(16)17/h3-7,13H,8-11H2,1-2H3,(H,22,25).